The van der Waals surface area contributed by atoms with Gasteiger partial charge in [0.15, 0.2) is 0 Å². The first-order valence-corrected chi connectivity index (χ1v) is 5.74. The van der Waals surface area contributed by atoms with Crippen molar-refractivity contribution in [2.24, 2.45) is 4.99 Å². The Morgan fingerprint density at radius 2 is 2.31 bits per heavy atom. The van der Waals surface area contributed by atoms with E-state index >= 15 is 0 Å². The Kier molecular flexibility index (Phi) is 2.34. The van der Waals surface area contributed by atoms with Crippen LogP contribution in [0, 0.1) is 0 Å². The van der Waals surface area contributed by atoms with Crippen LogP contribution in [0.3, 0.4) is 0 Å². The molecule has 80 valence electrons. The van der Waals surface area contributed by atoms with Crippen LogP contribution in [0.25, 0.3) is 0 Å². The van der Waals surface area contributed by atoms with Crippen molar-refractivity contribution < 1.29 is 4.74 Å². The van der Waals surface area contributed by atoms with Crippen LogP contribution in [0.4, 0.5) is 5.69 Å². The molecule has 2 aliphatic rings. The van der Waals surface area contributed by atoms with E-state index in [1.54, 1.807) is 12.3 Å². The predicted molar refractivity (Wildman–Crippen MR) is 63.6 cm³/mol. The van der Waals surface area contributed by atoms with Gasteiger partial charge in [-0.05, 0) is 24.1 Å². The minimum absolute atomic E-state index is 0.423. The number of ether oxygens (including phenoxy) is 1. The first-order valence-electron chi connectivity index (χ1n) is 4.54. The smallest absolute Gasteiger partial charge is 0.306 e. The molecule has 0 fully saturated rings. The number of hydrogen-bond donors (Lipinski definition) is 1. The molecule has 16 heavy (non-hydrogen) atoms. The number of allylic oxidation sites excluding steroid dienone is 3. The van der Waals surface area contributed by atoms with E-state index in [0.29, 0.717) is 11.2 Å². The lowest BCUT2D eigenvalue weighted by atomic mass is 10.3. The summed E-state index contributed by atoms with van der Waals surface area (Å²) in [7, 11) is 0. The van der Waals surface area contributed by atoms with Crippen molar-refractivity contribution in [2.45, 2.75) is 4.90 Å². The van der Waals surface area contributed by atoms with Gasteiger partial charge in [-0.1, -0.05) is 17.7 Å². The van der Waals surface area contributed by atoms with Gasteiger partial charge in [0.05, 0.1) is 10.6 Å². The van der Waals surface area contributed by atoms with Crippen LogP contribution in [0.1, 0.15) is 0 Å². The van der Waals surface area contributed by atoms with E-state index in [1.807, 2.05) is 18.2 Å². The van der Waals surface area contributed by atoms with Gasteiger partial charge >= 0.3 is 6.02 Å². The minimum atomic E-state index is 0.423. The largest absolute Gasteiger partial charge is 0.425 e. The van der Waals surface area contributed by atoms with Crippen LogP contribution < -0.4 is 4.72 Å². The van der Waals surface area contributed by atoms with Crippen molar-refractivity contribution in [2.75, 3.05) is 0 Å². The topological polar surface area (TPSA) is 46.5 Å². The Morgan fingerprint density at radius 1 is 1.44 bits per heavy atom. The number of fused-ring (bicyclic) bond motifs is 1. The van der Waals surface area contributed by atoms with E-state index in [2.05, 4.69) is 14.7 Å². The Balaban J connectivity index is 1.87. The average Bonchev–Trinajstić information content (AvgIpc) is 2.23. The molecule has 1 aliphatic carbocycles. The molecule has 0 radical (unpaired) electrons. The number of pyridine rings is 1. The third kappa shape index (κ3) is 1.79. The number of nitrogens with one attached hydrogen (secondary N) is 1. The highest BCUT2D eigenvalue weighted by Gasteiger charge is 2.15. The first kappa shape index (κ1) is 9.74. The van der Waals surface area contributed by atoms with E-state index in [9.17, 15) is 0 Å². The highest BCUT2D eigenvalue weighted by Crippen LogP contribution is 2.32. The highest BCUT2D eigenvalue weighted by molar-refractivity contribution is 7.98. The number of nitrogens with zero attached hydrogens (tertiary/aromatic N) is 2. The quantitative estimate of drug-likeness (QED) is 0.616. The molecule has 0 amide bonds. The summed E-state index contributed by atoms with van der Waals surface area (Å²) in [4.78, 5) is 9.19. The van der Waals surface area contributed by atoms with Crippen molar-refractivity contribution in [1.29, 1.82) is 0 Å². The fourth-order valence-corrected chi connectivity index (χ4v) is 1.95. The molecule has 1 aromatic rings. The van der Waals surface area contributed by atoms with Crippen LogP contribution in [0.5, 0.6) is 0 Å². The zero-order valence-corrected chi connectivity index (χ0v) is 9.55. The molecule has 0 spiro atoms. The lowest BCUT2D eigenvalue weighted by molar-refractivity contribution is 0.418. The Labute approximate surface area is 101 Å². The molecule has 0 unspecified atom stereocenters. The van der Waals surface area contributed by atoms with Gasteiger partial charge in [-0.3, -0.25) is 4.72 Å². The molecule has 0 bridgehead atoms. The SMILES string of the molecule is Clc1cc2c(cn1)SNC(OC1=CC=C1)=N2. The van der Waals surface area contributed by atoms with Crippen LogP contribution in [0.15, 0.2) is 46.1 Å². The first-order chi connectivity index (χ1) is 7.81. The standard InChI is InChI=1S/C10H6ClN3OS/c11-9-4-7-8(5-12-9)16-14-10(13-7)15-6-2-1-3-6/h1-5H,(H,13,14). The van der Waals surface area contributed by atoms with Crippen LogP contribution in [0.2, 0.25) is 5.15 Å². The third-order valence-corrected chi connectivity index (χ3v) is 3.04. The summed E-state index contributed by atoms with van der Waals surface area (Å²) in [6, 6.07) is 2.16. The van der Waals surface area contributed by atoms with Gasteiger partial charge in [-0.25, -0.2) is 4.98 Å². The molecule has 0 saturated carbocycles. The van der Waals surface area contributed by atoms with Crippen molar-refractivity contribution in [1.82, 2.24) is 9.71 Å². The van der Waals surface area contributed by atoms with E-state index in [0.717, 1.165) is 16.3 Å². The van der Waals surface area contributed by atoms with E-state index in [1.165, 1.54) is 11.9 Å². The second-order valence-corrected chi connectivity index (χ2v) is 4.36. The zero-order valence-electron chi connectivity index (χ0n) is 7.98. The molecule has 0 aromatic carbocycles. The third-order valence-electron chi connectivity index (χ3n) is 2.02. The molecule has 1 aliphatic heterocycles. The molecule has 3 rings (SSSR count). The van der Waals surface area contributed by atoms with Crippen molar-refractivity contribution in [3.8, 4) is 0 Å². The predicted octanol–water partition coefficient (Wildman–Crippen LogP) is 2.80. The summed E-state index contributed by atoms with van der Waals surface area (Å²) in [5, 5.41) is 0.423. The van der Waals surface area contributed by atoms with Gasteiger partial charge in [0.2, 0.25) is 0 Å². The van der Waals surface area contributed by atoms with Crippen molar-refractivity contribution in [3.63, 3.8) is 0 Å². The molecular formula is C10H6ClN3OS. The molecule has 1 aromatic heterocycles. The van der Waals surface area contributed by atoms with Crippen LogP contribution >= 0.6 is 23.5 Å². The van der Waals surface area contributed by atoms with Gasteiger partial charge in [0.25, 0.3) is 0 Å². The molecule has 0 atom stereocenters. The highest BCUT2D eigenvalue weighted by atomic mass is 35.5. The minimum Gasteiger partial charge on any atom is -0.425 e. The summed E-state index contributed by atoms with van der Waals surface area (Å²) in [5.41, 5.74) is 0.766. The molecular weight excluding hydrogens is 246 g/mol. The zero-order chi connectivity index (χ0) is 11.0. The van der Waals surface area contributed by atoms with Gasteiger partial charge in [-0.2, -0.15) is 4.99 Å². The average molecular weight is 252 g/mol. The summed E-state index contributed by atoms with van der Waals surface area (Å²) in [6.07, 6.45) is 7.31. The Bertz CT molecular complexity index is 539. The van der Waals surface area contributed by atoms with Crippen molar-refractivity contribution >= 4 is 35.3 Å². The van der Waals surface area contributed by atoms with Crippen LogP contribution in [-0.2, 0) is 4.74 Å². The monoisotopic (exact) mass is 251 g/mol. The maximum atomic E-state index is 5.80. The van der Waals surface area contributed by atoms with E-state index < -0.39 is 0 Å². The number of halogens is 1. The molecule has 2 heterocycles. The fraction of sp³-hybridized carbons (Fsp3) is 0. The fourth-order valence-electron chi connectivity index (χ4n) is 1.20. The molecule has 0 saturated heterocycles. The second-order valence-electron chi connectivity index (χ2n) is 3.13. The number of amidine groups is 1. The maximum Gasteiger partial charge on any atom is 0.306 e. The summed E-state index contributed by atoms with van der Waals surface area (Å²) in [5.74, 6) is 0.787. The summed E-state index contributed by atoms with van der Waals surface area (Å²) < 4.78 is 8.43. The molecule has 4 nitrogen and oxygen atoms in total. The molecule has 1 N–H and O–H groups in total. The van der Waals surface area contributed by atoms with Gasteiger partial charge in [0, 0.05) is 12.3 Å². The van der Waals surface area contributed by atoms with Gasteiger partial charge in [0.1, 0.15) is 10.9 Å². The van der Waals surface area contributed by atoms with Crippen molar-refractivity contribution in [3.05, 3.63) is 41.4 Å². The van der Waals surface area contributed by atoms with Crippen LogP contribution in [-0.4, -0.2) is 11.0 Å². The Morgan fingerprint density at radius 3 is 3.06 bits per heavy atom. The number of aliphatic imine (C=N–C) groups is 1. The summed E-state index contributed by atoms with van der Waals surface area (Å²) in [6.45, 7) is 0. The van der Waals surface area contributed by atoms with E-state index in [-0.39, 0.29) is 0 Å². The number of hydrogen-bond acceptors (Lipinski definition) is 5. The maximum absolute atomic E-state index is 5.80. The normalized spacial score (nSPS) is 16.6. The lowest BCUT2D eigenvalue weighted by Crippen LogP contribution is -2.21. The molecule has 6 heteroatoms. The van der Waals surface area contributed by atoms with Gasteiger partial charge in [-0.15, -0.1) is 0 Å². The second kappa shape index (κ2) is 3.84. The summed E-state index contributed by atoms with van der Waals surface area (Å²) >= 11 is 7.20. The van der Waals surface area contributed by atoms with E-state index in [4.69, 9.17) is 16.3 Å². The number of aromatic nitrogens is 1. The lowest BCUT2D eigenvalue weighted by Gasteiger charge is -2.17. The number of rotatable bonds is 1. The van der Waals surface area contributed by atoms with Gasteiger partial charge < -0.3 is 4.74 Å². The Hall–Kier alpha value is -1.46.